The Labute approximate surface area is 116 Å². The Morgan fingerprint density at radius 2 is 1.60 bits per heavy atom. The highest BCUT2D eigenvalue weighted by atomic mass is 19.1. The first-order valence-corrected chi connectivity index (χ1v) is 6.38. The molecule has 4 heteroatoms. The summed E-state index contributed by atoms with van der Waals surface area (Å²) in [6, 6.07) is 16.5. The van der Waals surface area contributed by atoms with Gasteiger partial charge in [-0.25, -0.2) is 14.1 Å². The minimum absolute atomic E-state index is 0.247. The van der Waals surface area contributed by atoms with Crippen LogP contribution >= 0.6 is 0 Å². The van der Waals surface area contributed by atoms with Crippen LogP contribution in [0.15, 0.2) is 67.3 Å². The monoisotopic (exact) mass is 267 g/mol. The van der Waals surface area contributed by atoms with E-state index in [2.05, 4.69) is 10.1 Å². The molecule has 100 valence electrons. The Hall–Kier alpha value is -2.49. The van der Waals surface area contributed by atoms with Crippen molar-refractivity contribution < 1.29 is 4.39 Å². The zero-order chi connectivity index (χ0) is 14.0. The van der Waals surface area contributed by atoms with E-state index in [1.165, 1.54) is 18.5 Å². The Bertz CT molecular complexity index is 678. The molecule has 0 spiro atoms. The lowest BCUT2D eigenvalue weighted by molar-refractivity contribution is 0.423. The summed E-state index contributed by atoms with van der Waals surface area (Å²) in [6.07, 6.45) is 3.18. The maximum Gasteiger partial charge on any atom is 0.137 e. The van der Waals surface area contributed by atoms with E-state index in [1.807, 2.05) is 37.3 Å². The first-order valence-electron chi connectivity index (χ1n) is 6.38. The lowest BCUT2D eigenvalue weighted by Crippen LogP contribution is -2.33. The largest absolute Gasteiger partial charge is 0.238 e. The van der Waals surface area contributed by atoms with Gasteiger partial charge in [-0.15, -0.1) is 0 Å². The van der Waals surface area contributed by atoms with Gasteiger partial charge in [0, 0.05) is 0 Å². The van der Waals surface area contributed by atoms with Crippen molar-refractivity contribution in [1.82, 2.24) is 14.8 Å². The van der Waals surface area contributed by atoms with Crippen LogP contribution in [0.5, 0.6) is 0 Å². The second kappa shape index (κ2) is 4.89. The van der Waals surface area contributed by atoms with E-state index in [-0.39, 0.29) is 5.82 Å². The van der Waals surface area contributed by atoms with Crippen LogP contribution in [-0.2, 0) is 5.54 Å². The first-order chi connectivity index (χ1) is 9.71. The van der Waals surface area contributed by atoms with Gasteiger partial charge in [-0.05, 0) is 30.2 Å². The van der Waals surface area contributed by atoms with Gasteiger partial charge in [0.15, 0.2) is 0 Å². The summed E-state index contributed by atoms with van der Waals surface area (Å²) in [7, 11) is 0. The van der Waals surface area contributed by atoms with Crippen molar-refractivity contribution in [1.29, 1.82) is 0 Å². The minimum Gasteiger partial charge on any atom is -0.238 e. The normalized spacial score (nSPS) is 13.9. The van der Waals surface area contributed by atoms with Crippen molar-refractivity contribution in [2.75, 3.05) is 0 Å². The quantitative estimate of drug-likeness (QED) is 0.729. The topological polar surface area (TPSA) is 30.7 Å². The van der Waals surface area contributed by atoms with Gasteiger partial charge in [-0.1, -0.05) is 42.5 Å². The fraction of sp³-hybridized carbons (Fsp3) is 0.125. The molecule has 20 heavy (non-hydrogen) atoms. The fourth-order valence-corrected chi connectivity index (χ4v) is 2.41. The molecule has 0 saturated carbocycles. The van der Waals surface area contributed by atoms with Gasteiger partial charge in [0.2, 0.25) is 0 Å². The predicted molar refractivity (Wildman–Crippen MR) is 74.7 cm³/mol. The highest BCUT2D eigenvalue weighted by Crippen LogP contribution is 2.32. The number of hydrogen-bond acceptors (Lipinski definition) is 2. The van der Waals surface area contributed by atoms with Crippen molar-refractivity contribution in [2.45, 2.75) is 12.5 Å². The van der Waals surface area contributed by atoms with Crippen molar-refractivity contribution in [3.05, 3.63) is 84.2 Å². The second-order valence-corrected chi connectivity index (χ2v) is 4.79. The third-order valence-electron chi connectivity index (χ3n) is 3.62. The Kier molecular flexibility index (Phi) is 3.06. The predicted octanol–water partition coefficient (Wildman–Crippen LogP) is 3.23. The average Bonchev–Trinajstić information content (AvgIpc) is 3.03. The smallest absolute Gasteiger partial charge is 0.137 e. The molecular weight excluding hydrogens is 253 g/mol. The van der Waals surface area contributed by atoms with E-state index in [0.717, 1.165) is 11.1 Å². The van der Waals surface area contributed by atoms with E-state index >= 15 is 0 Å². The maximum atomic E-state index is 13.2. The molecule has 0 fully saturated rings. The Morgan fingerprint density at radius 3 is 2.20 bits per heavy atom. The van der Waals surface area contributed by atoms with Gasteiger partial charge in [0.05, 0.1) is 0 Å². The van der Waals surface area contributed by atoms with Gasteiger partial charge in [0.1, 0.15) is 24.0 Å². The zero-order valence-corrected chi connectivity index (χ0v) is 11.1. The molecule has 0 aliphatic heterocycles. The molecule has 3 aromatic rings. The lowest BCUT2D eigenvalue weighted by atomic mass is 9.85. The summed E-state index contributed by atoms with van der Waals surface area (Å²) in [5.74, 6) is -0.247. The molecule has 3 rings (SSSR count). The second-order valence-electron chi connectivity index (χ2n) is 4.79. The third kappa shape index (κ3) is 1.99. The summed E-state index contributed by atoms with van der Waals surface area (Å²) in [5.41, 5.74) is 1.50. The van der Waals surface area contributed by atoms with Gasteiger partial charge in [-0.3, -0.25) is 0 Å². The molecule has 0 radical (unpaired) electrons. The summed E-state index contributed by atoms with van der Waals surface area (Å²) < 4.78 is 15.0. The highest BCUT2D eigenvalue weighted by molar-refractivity contribution is 5.38. The first kappa shape index (κ1) is 12.5. The zero-order valence-electron chi connectivity index (χ0n) is 11.1. The van der Waals surface area contributed by atoms with Crippen LogP contribution in [0.2, 0.25) is 0 Å². The molecule has 2 aromatic carbocycles. The number of halogens is 1. The highest BCUT2D eigenvalue weighted by Gasteiger charge is 2.31. The molecule has 0 aliphatic rings. The molecule has 1 unspecified atom stereocenters. The van der Waals surface area contributed by atoms with Gasteiger partial charge >= 0.3 is 0 Å². The van der Waals surface area contributed by atoms with Crippen LogP contribution in [0.1, 0.15) is 18.1 Å². The van der Waals surface area contributed by atoms with Crippen molar-refractivity contribution >= 4 is 0 Å². The summed E-state index contributed by atoms with van der Waals surface area (Å²) >= 11 is 0. The molecule has 0 bridgehead atoms. The molecule has 3 nitrogen and oxygen atoms in total. The number of benzene rings is 2. The minimum atomic E-state index is -0.522. The van der Waals surface area contributed by atoms with Gasteiger partial charge < -0.3 is 0 Å². The standard InChI is InChI=1S/C16H14FN3/c1-16(20-12-18-11-19-20,13-5-3-2-4-6-13)14-7-9-15(17)10-8-14/h2-12H,1H3. The molecule has 0 N–H and O–H groups in total. The molecular formula is C16H14FN3. The third-order valence-corrected chi connectivity index (χ3v) is 3.62. The van der Waals surface area contributed by atoms with E-state index in [1.54, 1.807) is 23.1 Å². The van der Waals surface area contributed by atoms with E-state index in [9.17, 15) is 4.39 Å². The van der Waals surface area contributed by atoms with Gasteiger partial charge in [-0.2, -0.15) is 5.10 Å². The maximum absolute atomic E-state index is 13.2. The van der Waals surface area contributed by atoms with Crippen LogP contribution in [0.25, 0.3) is 0 Å². The fourth-order valence-electron chi connectivity index (χ4n) is 2.41. The molecule has 0 saturated heterocycles. The number of hydrogen-bond donors (Lipinski definition) is 0. The molecule has 1 atom stereocenters. The molecule has 1 heterocycles. The van der Waals surface area contributed by atoms with Crippen molar-refractivity contribution in [3.8, 4) is 0 Å². The number of rotatable bonds is 3. The summed E-state index contributed by atoms with van der Waals surface area (Å²) in [6.45, 7) is 2.05. The molecule has 0 amide bonds. The lowest BCUT2D eigenvalue weighted by Gasteiger charge is -2.31. The Morgan fingerprint density at radius 1 is 0.950 bits per heavy atom. The van der Waals surface area contributed by atoms with Crippen molar-refractivity contribution in [2.24, 2.45) is 0 Å². The SMILES string of the molecule is CC(c1ccccc1)(c1ccc(F)cc1)n1cncn1. The molecule has 1 aromatic heterocycles. The van der Waals surface area contributed by atoms with Crippen LogP contribution in [0.3, 0.4) is 0 Å². The average molecular weight is 267 g/mol. The molecule has 0 aliphatic carbocycles. The van der Waals surface area contributed by atoms with E-state index < -0.39 is 5.54 Å². The number of aromatic nitrogens is 3. The van der Waals surface area contributed by atoms with Gasteiger partial charge in [0.25, 0.3) is 0 Å². The summed E-state index contributed by atoms with van der Waals surface area (Å²) in [5, 5.41) is 4.28. The van der Waals surface area contributed by atoms with Crippen LogP contribution < -0.4 is 0 Å². The summed E-state index contributed by atoms with van der Waals surface area (Å²) in [4.78, 5) is 4.03. The van der Waals surface area contributed by atoms with Crippen molar-refractivity contribution in [3.63, 3.8) is 0 Å². The number of nitrogens with zero attached hydrogens (tertiary/aromatic N) is 3. The Balaban J connectivity index is 2.21. The van der Waals surface area contributed by atoms with E-state index in [4.69, 9.17) is 0 Å². The van der Waals surface area contributed by atoms with E-state index in [0.29, 0.717) is 0 Å². The van der Waals surface area contributed by atoms with Crippen LogP contribution in [-0.4, -0.2) is 14.8 Å². The van der Waals surface area contributed by atoms with Crippen LogP contribution in [0.4, 0.5) is 4.39 Å². The van der Waals surface area contributed by atoms with Crippen LogP contribution in [0, 0.1) is 5.82 Å².